The van der Waals surface area contributed by atoms with Gasteiger partial charge in [-0.1, -0.05) is 78.9 Å². The first-order chi connectivity index (χ1) is 18.4. The fourth-order valence-corrected chi connectivity index (χ4v) is 6.72. The minimum Gasteiger partial charge on any atom is -0.359 e. The van der Waals surface area contributed by atoms with Crippen molar-refractivity contribution in [3.8, 4) is 0 Å². The number of nitrogens with one attached hydrogen (secondary N) is 2. The van der Waals surface area contributed by atoms with Crippen LogP contribution in [-0.4, -0.2) is 46.4 Å². The van der Waals surface area contributed by atoms with Gasteiger partial charge in [0.25, 0.3) is 0 Å². The first-order valence-corrected chi connectivity index (χ1v) is 13.8. The summed E-state index contributed by atoms with van der Waals surface area (Å²) in [7, 11) is 0. The van der Waals surface area contributed by atoms with Crippen LogP contribution in [0.2, 0.25) is 0 Å². The smallest absolute Gasteiger partial charge is 0.246 e. The number of aryl methyl sites for hydroxylation is 2. The molecular formula is C31H35N3O4. The van der Waals surface area contributed by atoms with Crippen LogP contribution < -0.4 is 10.6 Å². The SMILES string of the molecule is Cc1ccc(CN2C(=O)C3C(C(=O)Nc4ccc(C)cc4)C4C=CC3(O4)C2C(=O)NC2CCCCC2)cc1. The highest BCUT2D eigenvalue weighted by Crippen LogP contribution is 2.55. The van der Waals surface area contributed by atoms with Crippen LogP contribution in [0.25, 0.3) is 0 Å². The third kappa shape index (κ3) is 4.23. The molecule has 5 unspecified atom stereocenters. The largest absolute Gasteiger partial charge is 0.359 e. The second-order valence-corrected chi connectivity index (χ2v) is 11.4. The summed E-state index contributed by atoms with van der Waals surface area (Å²) in [5, 5.41) is 6.22. The Kier molecular flexibility index (Phi) is 6.34. The van der Waals surface area contributed by atoms with Gasteiger partial charge in [-0.25, -0.2) is 0 Å². The normalized spacial score (nSPS) is 29.9. The maximum Gasteiger partial charge on any atom is 0.246 e. The van der Waals surface area contributed by atoms with E-state index < -0.39 is 29.6 Å². The zero-order chi connectivity index (χ0) is 26.4. The summed E-state index contributed by atoms with van der Waals surface area (Å²) >= 11 is 0. The number of anilines is 1. The maximum absolute atomic E-state index is 14.1. The quantitative estimate of drug-likeness (QED) is 0.571. The summed E-state index contributed by atoms with van der Waals surface area (Å²) in [4.78, 5) is 43.3. The number of rotatable bonds is 6. The summed E-state index contributed by atoms with van der Waals surface area (Å²) in [6.07, 6.45) is 8.45. The minimum absolute atomic E-state index is 0.103. The predicted molar refractivity (Wildman–Crippen MR) is 144 cm³/mol. The molecule has 0 aromatic heterocycles. The van der Waals surface area contributed by atoms with Crippen molar-refractivity contribution in [2.75, 3.05) is 5.32 Å². The lowest BCUT2D eigenvalue weighted by Crippen LogP contribution is -2.56. The molecule has 7 nitrogen and oxygen atoms in total. The van der Waals surface area contributed by atoms with E-state index in [1.807, 2.05) is 74.5 Å². The predicted octanol–water partition coefficient (Wildman–Crippen LogP) is 4.04. The van der Waals surface area contributed by atoms with Gasteiger partial charge in [-0.05, 0) is 44.4 Å². The number of likely N-dealkylation sites (tertiary alicyclic amines) is 1. The highest BCUT2D eigenvalue weighted by atomic mass is 16.5. The molecule has 6 rings (SSSR count). The molecule has 2 N–H and O–H groups in total. The van der Waals surface area contributed by atoms with Gasteiger partial charge in [0.05, 0.1) is 17.9 Å². The van der Waals surface area contributed by atoms with Gasteiger partial charge in [-0.3, -0.25) is 14.4 Å². The topological polar surface area (TPSA) is 87.7 Å². The lowest BCUT2D eigenvalue weighted by atomic mass is 9.74. The Morgan fingerprint density at radius 2 is 1.61 bits per heavy atom. The maximum atomic E-state index is 14.1. The van der Waals surface area contributed by atoms with E-state index in [0.717, 1.165) is 42.4 Å². The Labute approximate surface area is 223 Å². The van der Waals surface area contributed by atoms with Gasteiger partial charge < -0.3 is 20.3 Å². The zero-order valence-electron chi connectivity index (χ0n) is 22.0. The van der Waals surface area contributed by atoms with Crippen molar-refractivity contribution in [1.82, 2.24) is 10.2 Å². The average molecular weight is 514 g/mol. The Bertz CT molecular complexity index is 1270. The molecule has 2 bridgehead atoms. The third-order valence-corrected chi connectivity index (χ3v) is 8.67. The molecule has 5 atom stereocenters. The Balaban J connectivity index is 1.32. The summed E-state index contributed by atoms with van der Waals surface area (Å²) in [5.74, 6) is -2.11. The number of ether oxygens (including phenoxy) is 1. The van der Waals surface area contributed by atoms with E-state index in [-0.39, 0.29) is 30.3 Å². The minimum atomic E-state index is -1.15. The van der Waals surface area contributed by atoms with E-state index in [0.29, 0.717) is 5.69 Å². The molecule has 2 aromatic carbocycles. The molecule has 3 amide bonds. The molecule has 7 heteroatoms. The molecule has 3 fully saturated rings. The summed E-state index contributed by atoms with van der Waals surface area (Å²) in [6, 6.07) is 14.8. The molecule has 38 heavy (non-hydrogen) atoms. The van der Waals surface area contributed by atoms with Crippen LogP contribution in [0.5, 0.6) is 0 Å². The Hall–Kier alpha value is -3.45. The Morgan fingerprint density at radius 1 is 0.947 bits per heavy atom. The molecule has 1 saturated carbocycles. The highest BCUT2D eigenvalue weighted by molar-refractivity contribution is 6.02. The standard InChI is InChI=1S/C31H35N3O4/c1-19-8-12-21(13-9-19)18-34-27(29(36)33-22-6-4-3-5-7-22)31-17-16-24(38-31)25(26(31)30(34)37)28(35)32-23-14-10-20(2)11-15-23/h8-17,22,24-27H,3-7,18H2,1-2H3,(H,32,35)(H,33,36). The van der Waals surface area contributed by atoms with Gasteiger partial charge in [0.2, 0.25) is 17.7 Å². The van der Waals surface area contributed by atoms with Crippen LogP contribution in [0, 0.1) is 25.7 Å². The molecule has 4 aliphatic rings. The van der Waals surface area contributed by atoms with Gasteiger partial charge in [-0.15, -0.1) is 0 Å². The van der Waals surface area contributed by atoms with Gasteiger partial charge in [-0.2, -0.15) is 0 Å². The van der Waals surface area contributed by atoms with Crippen molar-refractivity contribution < 1.29 is 19.1 Å². The monoisotopic (exact) mass is 513 g/mol. The van der Waals surface area contributed by atoms with E-state index >= 15 is 0 Å². The lowest BCUT2D eigenvalue weighted by Gasteiger charge is -2.34. The molecule has 1 aliphatic carbocycles. The van der Waals surface area contributed by atoms with Crippen molar-refractivity contribution in [2.45, 2.75) is 76.3 Å². The number of carbonyl (C=O) groups is 3. The van der Waals surface area contributed by atoms with Crippen molar-refractivity contribution >= 4 is 23.4 Å². The molecule has 0 radical (unpaired) electrons. The van der Waals surface area contributed by atoms with Crippen molar-refractivity contribution in [1.29, 1.82) is 0 Å². The number of amides is 3. The molecule has 3 heterocycles. The number of hydrogen-bond acceptors (Lipinski definition) is 4. The summed E-state index contributed by atoms with van der Waals surface area (Å²) < 4.78 is 6.46. The first-order valence-electron chi connectivity index (χ1n) is 13.8. The Morgan fingerprint density at radius 3 is 2.29 bits per heavy atom. The fraction of sp³-hybridized carbons (Fsp3) is 0.452. The second-order valence-electron chi connectivity index (χ2n) is 11.4. The van der Waals surface area contributed by atoms with Gasteiger partial charge in [0.15, 0.2) is 0 Å². The second kappa shape index (κ2) is 9.70. The van der Waals surface area contributed by atoms with Crippen molar-refractivity contribution in [2.24, 2.45) is 11.8 Å². The van der Waals surface area contributed by atoms with Crippen molar-refractivity contribution in [3.63, 3.8) is 0 Å². The van der Waals surface area contributed by atoms with Crippen molar-refractivity contribution in [3.05, 3.63) is 77.4 Å². The number of nitrogens with zero attached hydrogens (tertiary/aromatic N) is 1. The average Bonchev–Trinajstić information content (AvgIpc) is 3.55. The molecular weight excluding hydrogens is 478 g/mol. The number of carbonyl (C=O) groups excluding carboxylic acids is 3. The van der Waals surface area contributed by atoms with Crippen LogP contribution >= 0.6 is 0 Å². The van der Waals surface area contributed by atoms with Gasteiger partial charge >= 0.3 is 0 Å². The van der Waals surface area contributed by atoms with Crippen LogP contribution in [0.1, 0.15) is 48.8 Å². The number of hydrogen-bond donors (Lipinski definition) is 2. The lowest BCUT2D eigenvalue weighted by molar-refractivity contribution is -0.142. The molecule has 2 saturated heterocycles. The van der Waals surface area contributed by atoms with E-state index in [1.165, 1.54) is 6.42 Å². The van der Waals surface area contributed by atoms with Crippen LogP contribution in [-0.2, 0) is 25.7 Å². The molecule has 3 aliphatic heterocycles. The van der Waals surface area contributed by atoms with E-state index in [4.69, 9.17) is 4.74 Å². The summed E-state index contributed by atoms with van der Waals surface area (Å²) in [5.41, 5.74) is 2.68. The molecule has 1 spiro atoms. The van der Waals surface area contributed by atoms with E-state index in [9.17, 15) is 14.4 Å². The van der Waals surface area contributed by atoms with Crippen LogP contribution in [0.4, 0.5) is 5.69 Å². The molecule has 2 aromatic rings. The van der Waals surface area contributed by atoms with Crippen LogP contribution in [0.15, 0.2) is 60.7 Å². The summed E-state index contributed by atoms with van der Waals surface area (Å²) in [6.45, 7) is 4.29. The first kappa shape index (κ1) is 24.9. The number of benzene rings is 2. The third-order valence-electron chi connectivity index (χ3n) is 8.67. The van der Waals surface area contributed by atoms with Crippen LogP contribution in [0.3, 0.4) is 0 Å². The van der Waals surface area contributed by atoms with E-state index in [1.54, 1.807) is 4.90 Å². The van der Waals surface area contributed by atoms with Gasteiger partial charge in [0.1, 0.15) is 11.6 Å². The molecule has 198 valence electrons. The number of fused-ring (bicyclic) bond motifs is 1. The van der Waals surface area contributed by atoms with E-state index in [2.05, 4.69) is 10.6 Å². The zero-order valence-corrected chi connectivity index (χ0v) is 22.0. The fourth-order valence-electron chi connectivity index (χ4n) is 6.72. The van der Waals surface area contributed by atoms with Gasteiger partial charge in [0, 0.05) is 18.3 Å². The highest BCUT2D eigenvalue weighted by Gasteiger charge is 2.72.